The molecule has 0 radical (unpaired) electrons. The number of methoxy groups -OCH3 is 2. The van der Waals surface area contributed by atoms with Crippen molar-refractivity contribution in [3.05, 3.63) is 0 Å². The molecule has 2 fully saturated rings. The Morgan fingerprint density at radius 3 is 2.56 bits per heavy atom. The number of nitrogens with zero attached hydrogens (tertiary/aromatic N) is 5. The third-order valence-corrected chi connectivity index (χ3v) is 8.02. The molecule has 8 unspecified atom stereocenters. The van der Waals surface area contributed by atoms with Gasteiger partial charge in [0.15, 0.2) is 12.5 Å². The fourth-order valence-corrected chi connectivity index (χ4v) is 5.94. The van der Waals surface area contributed by atoms with Gasteiger partial charge in [0.25, 0.3) is 0 Å². The minimum atomic E-state index is -4.37. The average Bonchev–Trinajstić information content (AvgIpc) is 3.36. The van der Waals surface area contributed by atoms with Gasteiger partial charge in [-0.2, -0.15) is 18.3 Å². The lowest BCUT2D eigenvalue weighted by molar-refractivity contribution is -0.151. The summed E-state index contributed by atoms with van der Waals surface area (Å²) in [5.41, 5.74) is 0.689. The molecule has 1 amide bonds. The molecule has 1 saturated heterocycles. The molecule has 1 saturated carbocycles. The molecule has 12 heteroatoms. The molecule has 4 aliphatic heterocycles. The Kier molecular flexibility index (Phi) is 7.12. The summed E-state index contributed by atoms with van der Waals surface area (Å²) in [5, 5.41) is 4.91. The zero-order valence-electron chi connectivity index (χ0n) is 20.8. The van der Waals surface area contributed by atoms with Gasteiger partial charge in [-0.25, -0.2) is 0 Å². The van der Waals surface area contributed by atoms with Gasteiger partial charge >= 0.3 is 6.18 Å². The van der Waals surface area contributed by atoms with Crippen LogP contribution in [-0.4, -0.2) is 104 Å². The van der Waals surface area contributed by atoms with E-state index in [1.807, 2.05) is 13.1 Å². The second-order valence-corrected chi connectivity index (χ2v) is 10.5. The number of carbonyl (C=O) groups excluding carboxylic acids is 1. The number of fused-ring (bicyclic) bond motifs is 1. The van der Waals surface area contributed by atoms with Gasteiger partial charge in [0.2, 0.25) is 5.91 Å². The molecular weight excluding hydrogens is 479 g/mol. The maximum Gasteiger partial charge on any atom is 0.407 e. The summed E-state index contributed by atoms with van der Waals surface area (Å²) in [6.45, 7) is 0.874. The van der Waals surface area contributed by atoms with Crippen LogP contribution in [0, 0.1) is 17.8 Å². The van der Waals surface area contributed by atoms with Gasteiger partial charge in [-0.3, -0.25) is 19.8 Å². The Hall–Kier alpha value is -2.05. The highest BCUT2D eigenvalue weighted by atomic mass is 19.4. The van der Waals surface area contributed by atoms with E-state index in [1.54, 1.807) is 19.1 Å². The predicted octanol–water partition coefficient (Wildman–Crippen LogP) is 2.50. The SMILES string of the molecule is COC1CC(C2CC(C)C3C(=O)N(C4C=NN(CC(F)(F)F)C4)C(OC4CCC4)C3=N2)C=NC1OC. The van der Waals surface area contributed by atoms with Crippen LogP contribution in [0.15, 0.2) is 15.1 Å². The largest absolute Gasteiger partial charge is 0.407 e. The molecule has 0 aromatic rings. The summed E-state index contributed by atoms with van der Waals surface area (Å²) >= 11 is 0. The lowest BCUT2D eigenvalue weighted by Crippen LogP contribution is -2.50. The number of ether oxygens (including phenoxy) is 3. The van der Waals surface area contributed by atoms with Gasteiger partial charge in [-0.1, -0.05) is 6.92 Å². The molecule has 0 bridgehead atoms. The Morgan fingerprint density at radius 2 is 1.92 bits per heavy atom. The topological polar surface area (TPSA) is 88.3 Å². The Balaban J connectivity index is 1.40. The number of likely N-dealkylation sites (tertiary alicyclic amines) is 1. The van der Waals surface area contributed by atoms with Crippen molar-refractivity contribution in [2.24, 2.45) is 32.8 Å². The van der Waals surface area contributed by atoms with Crippen molar-refractivity contribution in [1.29, 1.82) is 0 Å². The van der Waals surface area contributed by atoms with Gasteiger partial charge < -0.3 is 19.1 Å². The predicted molar refractivity (Wildman–Crippen MR) is 126 cm³/mol. The fourth-order valence-electron chi connectivity index (χ4n) is 5.94. The van der Waals surface area contributed by atoms with Crippen molar-refractivity contribution in [2.75, 3.05) is 27.3 Å². The Morgan fingerprint density at radius 1 is 1.14 bits per heavy atom. The highest BCUT2D eigenvalue weighted by molar-refractivity contribution is 6.14. The molecule has 1 aliphatic carbocycles. The lowest BCUT2D eigenvalue weighted by atomic mass is 9.78. The van der Waals surface area contributed by atoms with Crippen molar-refractivity contribution < 1.29 is 32.2 Å². The van der Waals surface area contributed by atoms with Crippen LogP contribution in [0.4, 0.5) is 13.2 Å². The maximum atomic E-state index is 13.7. The van der Waals surface area contributed by atoms with Crippen LogP contribution in [0.2, 0.25) is 0 Å². The molecule has 5 aliphatic rings. The molecular formula is C24H34F3N5O4. The van der Waals surface area contributed by atoms with E-state index in [2.05, 4.69) is 10.1 Å². The van der Waals surface area contributed by atoms with Crippen molar-refractivity contribution in [1.82, 2.24) is 9.91 Å². The van der Waals surface area contributed by atoms with Crippen LogP contribution in [0.25, 0.3) is 0 Å². The summed E-state index contributed by atoms with van der Waals surface area (Å²) in [5.74, 6) is -0.546. The first-order chi connectivity index (χ1) is 17.2. The molecule has 9 nitrogen and oxygen atoms in total. The lowest BCUT2D eigenvalue weighted by Gasteiger charge is -2.37. The molecule has 0 N–H and O–H groups in total. The van der Waals surface area contributed by atoms with Gasteiger partial charge in [0.1, 0.15) is 12.6 Å². The smallest absolute Gasteiger partial charge is 0.377 e. The van der Waals surface area contributed by atoms with E-state index in [0.29, 0.717) is 18.6 Å². The van der Waals surface area contributed by atoms with Crippen LogP contribution in [0.1, 0.15) is 39.0 Å². The number of aliphatic imine (C=N–C) groups is 2. The van der Waals surface area contributed by atoms with Crippen molar-refractivity contribution in [2.45, 2.75) is 82.0 Å². The third-order valence-electron chi connectivity index (χ3n) is 8.02. The summed E-state index contributed by atoms with van der Waals surface area (Å²) in [6.07, 6.45) is 2.00. The van der Waals surface area contributed by atoms with Crippen LogP contribution in [0.3, 0.4) is 0 Å². The van der Waals surface area contributed by atoms with E-state index in [-0.39, 0.29) is 48.8 Å². The van der Waals surface area contributed by atoms with E-state index in [1.165, 1.54) is 6.21 Å². The highest BCUT2D eigenvalue weighted by Crippen LogP contribution is 2.41. The van der Waals surface area contributed by atoms with E-state index in [0.717, 1.165) is 24.3 Å². The zero-order valence-corrected chi connectivity index (χ0v) is 20.8. The normalized spacial score (nSPS) is 38.9. The van der Waals surface area contributed by atoms with Gasteiger partial charge in [0, 0.05) is 32.6 Å². The second-order valence-electron chi connectivity index (χ2n) is 10.5. The van der Waals surface area contributed by atoms with Crippen molar-refractivity contribution >= 4 is 24.0 Å². The number of rotatable bonds is 7. The molecule has 200 valence electrons. The quantitative estimate of drug-likeness (QED) is 0.522. The first-order valence-corrected chi connectivity index (χ1v) is 12.7. The molecule has 0 aromatic carbocycles. The molecule has 8 atom stereocenters. The Labute approximate surface area is 208 Å². The monoisotopic (exact) mass is 513 g/mol. The molecule has 0 spiro atoms. The number of amides is 1. The molecule has 0 aromatic heterocycles. The van der Waals surface area contributed by atoms with Crippen molar-refractivity contribution in [3.8, 4) is 0 Å². The third kappa shape index (κ3) is 4.91. The Bertz CT molecular complexity index is 924. The second kappa shape index (κ2) is 10.0. The summed E-state index contributed by atoms with van der Waals surface area (Å²) < 4.78 is 56.2. The van der Waals surface area contributed by atoms with Gasteiger partial charge in [-0.15, -0.1) is 0 Å². The first-order valence-electron chi connectivity index (χ1n) is 12.7. The molecule has 36 heavy (non-hydrogen) atoms. The number of alkyl halides is 3. The minimum Gasteiger partial charge on any atom is -0.377 e. The maximum absolute atomic E-state index is 13.7. The zero-order chi connectivity index (χ0) is 25.6. The van der Waals surface area contributed by atoms with E-state index in [9.17, 15) is 18.0 Å². The van der Waals surface area contributed by atoms with Crippen molar-refractivity contribution in [3.63, 3.8) is 0 Å². The average molecular weight is 514 g/mol. The first kappa shape index (κ1) is 25.6. The van der Waals surface area contributed by atoms with Crippen LogP contribution < -0.4 is 0 Å². The fraction of sp³-hybridized carbons (Fsp3) is 0.833. The van der Waals surface area contributed by atoms with E-state index in [4.69, 9.17) is 19.2 Å². The highest BCUT2D eigenvalue weighted by Gasteiger charge is 2.55. The van der Waals surface area contributed by atoms with E-state index < -0.39 is 30.9 Å². The number of halogens is 3. The number of hydrogen-bond donors (Lipinski definition) is 0. The summed E-state index contributed by atoms with van der Waals surface area (Å²) in [7, 11) is 3.24. The summed E-state index contributed by atoms with van der Waals surface area (Å²) in [4.78, 5) is 24.9. The van der Waals surface area contributed by atoms with E-state index >= 15 is 0 Å². The minimum absolute atomic E-state index is 0.00616. The van der Waals surface area contributed by atoms with Gasteiger partial charge in [-0.05, 0) is 38.0 Å². The van der Waals surface area contributed by atoms with Gasteiger partial charge in [0.05, 0.1) is 36.4 Å². The standard InChI is InChI=1S/C24H34F3N5O4/c1-13-7-17(14-8-18(34-2)21(35-3)28-9-14)30-20-19(13)22(33)32(23(20)36-16-5-4-6-16)15-10-29-31(11-15)12-24(25,26)27/h9-10,13-19,21,23H,4-8,11-12H2,1-3H3. The number of hydrogen-bond acceptors (Lipinski definition) is 8. The summed E-state index contributed by atoms with van der Waals surface area (Å²) in [6, 6.07) is -0.690. The van der Waals surface area contributed by atoms with Crippen LogP contribution in [-0.2, 0) is 19.0 Å². The molecule has 4 heterocycles. The number of hydrazone groups is 1. The van der Waals surface area contributed by atoms with Crippen LogP contribution in [0.5, 0.6) is 0 Å². The number of carbonyl (C=O) groups is 1. The van der Waals surface area contributed by atoms with Crippen LogP contribution >= 0.6 is 0 Å². The molecule has 5 rings (SSSR count).